The van der Waals surface area contributed by atoms with Gasteiger partial charge in [-0.25, -0.2) is 0 Å². The van der Waals surface area contributed by atoms with Gasteiger partial charge < -0.3 is 0 Å². The molecule has 0 saturated heterocycles. The first-order chi connectivity index (χ1) is 10.1. The van der Waals surface area contributed by atoms with Crippen LogP contribution in [0.1, 0.15) is 0 Å². The van der Waals surface area contributed by atoms with Crippen LogP contribution in [-0.2, 0) is 0 Å². The summed E-state index contributed by atoms with van der Waals surface area (Å²) in [7, 11) is -5.29. The molecule has 0 heterocycles. The molecule has 0 rings (SSSR count). The third kappa shape index (κ3) is 5.51. The zero-order valence-corrected chi connectivity index (χ0v) is 26.9. The summed E-state index contributed by atoms with van der Waals surface area (Å²) < 4.78 is 0. The molecule has 7 heteroatoms. The lowest BCUT2D eigenvalue weighted by Gasteiger charge is -2.61. The normalized spacial score (nSPS) is 16.0. The molecule has 0 aromatic carbocycles. The second-order valence-electron chi connectivity index (χ2n) is 13.1. The van der Waals surface area contributed by atoms with Crippen LogP contribution in [0.3, 0.4) is 0 Å². The van der Waals surface area contributed by atoms with Gasteiger partial charge in [-0.3, -0.25) is 7.83 Å². The monoisotopic (exact) mass is 449 g/mol. The van der Waals surface area contributed by atoms with Gasteiger partial charge in [-0.15, -0.1) is 15.2 Å². The zero-order chi connectivity index (χ0) is 20.0. The van der Waals surface area contributed by atoms with Crippen molar-refractivity contribution >= 4 is 52.4 Å². The molecule has 0 atom stereocenters. The van der Waals surface area contributed by atoms with Crippen molar-refractivity contribution in [3.05, 3.63) is 0 Å². The second kappa shape index (κ2) is 7.50. The van der Waals surface area contributed by atoms with Crippen LogP contribution in [0.25, 0.3) is 0 Å². The highest BCUT2D eigenvalue weighted by Gasteiger charge is 2.60. The van der Waals surface area contributed by atoms with Gasteiger partial charge in [0.1, 0.15) is 0 Å². The van der Waals surface area contributed by atoms with E-state index in [9.17, 15) is 0 Å². The predicted octanol–water partition coefficient (Wildman–Crippen LogP) is 7.01. The van der Waals surface area contributed by atoms with E-state index in [1.165, 1.54) is 0 Å². The molecule has 0 spiro atoms. The Balaban J connectivity index is 6.09. The fraction of sp³-hybridized carbons (Fsp3) is 1.00. The lowest BCUT2D eigenvalue weighted by atomic mass is 11.0. The third-order valence-corrected chi connectivity index (χ3v) is 112. The van der Waals surface area contributed by atoms with Crippen molar-refractivity contribution in [2.24, 2.45) is 0 Å². The van der Waals surface area contributed by atoms with E-state index < -0.39 is 44.6 Å². The molecule has 0 nitrogen and oxygen atoms in total. The largest absolute Gasteiger partial charge is 0.255 e. The van der Waals surface area contributed by atoms with Crippen LogP contribution in [0, 0.1) is 0 Å². The highest BCUT2D eigenvalue weighted by atomic mass is 29.9. The Labute approximate surface area is 162 Å². The molecular weight excluding hydrogens is 401 g/mol. The van der Waals surface area contributed by atoms with Crippen LogP contribution in [0.4, 0.5) is 0 Å². The molecule has 0 aliphatic heterocycles. The maximum absolute atomic E-state index is 2.77. The topological polar surface area (TPSA) is 0 Å². The Morgan fingerprint density at radius 2 is 0.708 bits per heavy atom. The minimum absolute atomic E-state index is 0.108. The maximum atomic E-state index is 2.77. The van der Waals surface area contributed by atoms with Crippen molar-refractivity contribution in [1.29, 1.82) is 0 Å². The Bertz CT molecular complexity index is 361. The van der Waals surface area contributed by atoms with E-state index in [1.54, 1.807) is 12.1 Å². The maximum Gasteiger partial charge on any atom is 0.0346 e. The molecule has 146 valence electrons. The van der Waals surface area contributed by atoms with Crippen LogP contribution < -0.4 is 0 Å². The number of hydrogen-bond acceptors (Lipinski definition) is 0. The highest BCUT2D eigenvalue weighted by Crippen LogP contribution is 2.42. The van der Waals surface area contributed by atoms with E-state index in [2.05, 4.69) is 98.2 Å². The Morgan fingerprint density at radius 3 is 0.875 bits per heavy atom. The molecule has 0 aliphatic rings. The Kier molecular flexibility index (Phi) is 7.98. The van der Waals surface area contributed by atoms with E-state index >= 15 is 0 Å². The van der Waals surface area contributed by atoms with Gasteiger partial charge in [-0.1, -0.05) is 104 Å². The van der Waals surface area contributed by atoms with Crippen molar-refractivity contribution in [3.63, 3.8) is 0 Å². The van der Waals surface area contributed by atoms with Crippen LogP contribution in [-0.4, -0.2) is 52.4 Å². The van der Waals surface area contributed by atoms with Gasteiger partial charge in [0.25, 0.3) is 0 Å². The zero-order valence-electron chi connectivity index (χ0n) is 19.9. The van der Waals surface area contributed by atoms with Gasteiger partial charge in [-0.05, 0) is 0 Å². The molecular formula is C17H49Si7-. The smallest absolute Gasteiger partial charge is 0.0346 e. The first-order valence-electron chi connectivity index (χ1n) is 9.96. The van der Waals surface area contributed by atoms with Crippen LogP contribution in [0.15, 0.2) is 0 Å². The number of rotatable bonds is 8. The van der Waals surface area contributed by atoms with Crippen molar-refractivity contribution in [2.75, 3.05) is 0 Å². The summed E-state index contributed by atoms with van der Waals surface area (Å²) in [5.74, 6) is 0. The summed E-state index contributed by atoms with van der Waals surface area (Å²) in [4.78, 5) is 0. The highest BCUT2D eigenvalue weighted by molar-refractivity contribution is 7.89. The summed E-state index contributed by atoms with van der Waals surface area (Å²) in [6.07, 6.45) is 0. The molecule has 0 bridgehead atoms. The van der Waals surface area contributed by atoms with Gasteiger partial charge in [0.15, 0.2) is 0 Å². The van der Waals surface area contributed by atoms with Crippen molar-refractivity contribution in [2.45, 2.75) is 110 Å². The minimum atomic E-state index is -1.13. The van der Waals surface area contributed by atoms with Crippen molar-refractivity contribution < 1.29 is 0 Å². The molecule has 0 fully saturated rings. The van der Waals surface area contributed by atoms with Crippen molar-refractivity contribution in [1.82, 2.24) is 0 Å². The molecule has 0 N–H and O–H groups in total. The van der Waals surface area contributed by atoms with Crippen LogP contribution in [0.5, 0.6) is 0 Å². The summed E-state index contributed by atoms with van der Waals surface area (Å²) in [5.41, 5.74) is 0. The molecule has 0 amide bonds. The molecule has 0 aromatic rings. The van der Waals surface area contributed by atoms with Gasteiger partial charge in [0.2, 0.25) is 0 Å². The molecule has 0 saturated carbocycles. The molecule has 24 heavy (non-hydrogen) atoms. The molecule has 0 aromatic heterocycles. The van der Waals surface area contributed by atoms with Gasteiger partial charge in [0.05, 0.1) is 0 Å². The summed E-state index contributed by atoms with van der Waals surface area (Å²) in [5, 5.41) is 0. The Hall–Kier alpha value is 1.52. The van der Waals surface area contributed by atoms with Gasteiger partial charge in [-0.2, -0.15) is 6.04 Å². The number of hydrogen-bond donors (Lipinski definition) is 0. The molecule has 0 unspecified atom stereocenters. The van der Waals surface area contributed by atoms with E-state index in [0.717, 1.165) is 0 Å². The van der Waals surface area contributed by atoms with Gasteiger partial charge >= 0.3 is 0 Å². The van der Waals surface area contributed by atoms with Crippen molar-refractivity contribution in [3.8, 4) is 0 Å². The quantitative estimate of drug-likeness (QED) is 0.349. The summed E-state index contributed by atoms with van der Waals surface area (Å²) >= 11 is 0. The fourth-order valence-corrected chi connectivity index (χ4v) is 147. The Morgan fingerprint density at radius 1 is 0.458 bits per heavy atom. The van der Waals surface area contributed by atoms with E-state index in [0.29, 0.717) is 0 Å². The average Bonchev–Trinajstić information content (AvgIpc) is 2.13. The van der Waals surface area contributed by atoms with Gasteiger partial charge in [0, 0.05) is 29.4 Å². The first kappa shape index (κ1) is 25.5. The standard InChI is InChI=1S/C17H49Si7/c1-19(2,3)18(20(4,5)6)16-17-24(21(7,8)9,22(10,11)12)23(13,14)15/h16-17H2,1-15H3/q-1. The van der Waals surface area contributed by atoms with E-state index in [-0.39, 0.29) is 7.83 Å². The summed E-state index contributed by atoms with van der Waals surface area (Å²) in [6, 6.07) is 3.43. The predicted molar refractivity (Wildman–Crippen MR) is 138 cm³/mol. The van der Waals surface area contributed by atoms with Crippen LogP contribution >= 0.6 is 0 Å². The van der Waals surface area contributed by atoms with E-state index in [1.807, 2.05) is 0 Å². The first-order valence-corrected chi connectivity index (χ1v) is 36.4. The minimum Gasteiger partial charge on any atom is -0.255 e. The SMILES string of the molecule is C[Si](C)(C)[Si-](CC[Si]([Si](C)(C)C)([Si](C)(C)C)[Si](C)(C)C)[Si](C)(C)C. The average molecular weight is 450 g/mol. The van der Waals surface area contributed by atoms with E-state index in [4.69, 9.17) is 0 Å². The second-order valence-corrected chi connectivity index (χ2v) is 79.2. The van der Waals surface area contributed by atoms with Crippen LogP contribution in [0.2, 0.25) is 110 Å². The summed E-state index contributed by atoms with van der Waals surface area (Å²) in [6.45, 7) is 40.0. The molecule has 0 aliphatic carbocycles. The lowest BCUT2D eigenvalue weighted by molar-refractivity contribution is 1.38. The third-order valence-electron chi connectivity index (χ3n) is 6.40. The molecule has 0 radical (unpaired) electrons. The fourth-order valence-electron chi connectivity index (χ4n) is 6.69. The lowest BCUT2D eigenvalue weighted by Crippen LogP contribution is -2.82.